The molecule has 2 aliphatic rings. The van der Waals surface area contributed by atoms with Crippen molar-refractivity contribution in [2.24, 2.45) is 11.8 Å². The van der Waals surface area contributed by atoms with E-state index in [1.54, 1.807) is 0 Å². The number of carbonyl (C=O) groups excluding carboxylic acids is 1. The number of nitrogens with one attached hydrogen (secondary N) is 1. The summed E-state index contributed by atoms with van der Waals surface area (Å²) in [6.45, 7) is 8.68. The number of likely N-dealkylation sites (tertiary alicyclic amines) is 1. The molecule has 1 saturated carbocycles. The summed E-state index contributed by atoms with van der Waals surface area (Å²) in [6, 6.07) is 0.250. The second-order valence-corrected chi connectivity index (χ2v) is 7.49. The number of carboxylic acid groups (broad SMARTS) is 1. The maximum Gasteiger partial charge on any atom is 0.306 e. The molecular formula is C16H28N2O3. The molecule has 2 atom stereocenters. The van der Waals surface area contributed by atoms with Crippen LogP contribution >= 0.6 is 0 Å². The summed E-state index contributed by atoms with van der Waals surface area (Å²) in [5.74, 6) is -1.13. The Morgan fingerprint density at radius 3 is 2.10 bits per heavy atom. The molecule has 1 aliphatic heterocycles. The lowest BCUT2D eigenvalue weighted by molar-refractivity contribution is -0.141. The minimum absolute atomic E-state index is 0.0629. The number of amides is 1. The summed E-state index contributed by atoms with van der Waals surface area (Å²) in [4.78, 5) is 25.6. The molecule has 2 unspecified atom stereocenters. The van der Waals surface area contributed by atoms with E-state index in [2.05, 4.69) is 31.0 Å². The fourth-order valence-electron chi connectivity index (χ4n) is 3.46. The molecule has 0 aromatic heterocycles. The maximum atomic E-state index is 12.2. The third-order valence-electron chi connectivity index (χ3n) is 4.94. The van der Waals surface area contributed by atoms with Gasteiger partial charge in [-0.15, -0.1) is 0 Å². The SMILES string of the molecule is CC(C)(C)N1CCC(NC(=O)C2CCC(C(=O)O)C2)CC1. The van der Waals surface area contributed by atoms with Crippen LogP contribution in [0.1, 0.15) is 52.9 Å². The Morgan fingerprint density at radius 2 is 1.62 bits per heavy atom. The maximum absolute atomic E-state index is 12.2. The van der Waals surface area contributed by atoms with Crippen LogP contribution in [0.15, 0.2) is 0 Å². The van der Waals surface area contributed by atoms with Crippen LogP contribution < -0.4 is 5.32 Å². The van der Waals surface area contributed by atoms with Gasteiger partial charge in [0.1, 0.15) is 0 Å². The van der Waals surface area contributed by atoms with Gasteiger partial charge in [0.05, 0.1) is 5.92 Å². The monoisotopic (exact) mass is 296 g/mol. The van der Waals surface area contributed by atoms with E-state index >= 15 is 0 Å². The molecule has 1 aliphatic carbocycles. The zero-order chi connectivity index (χ0) is 15.6. The van der Waals surface area contributed by atoms with Crippen LogP contribution in [-0.2, 0) is 9.59 Å². The Morgan fingerprint density at radius 1 is 1.05 bits per heavy atom. The first-order valence-corrected chi connectivity index (χ1v) is 8.05. The molecule has 1 amide bonds. The number of hydrogen-bond acceptors (Lipinski definition) is 3. The van der Waals surface area contributed by atoms with Crippen molar-refractivity contribution in [3.63, 3.8) is 0 Å². The molecule has 2 rings (SSSR count). The highest BCUT2D eigenvalue weighted by atomic mass is 16.4. The fraction of sp³-hybridized carbons (Fsp3) is 0.875. The second kappa shape index (κ2) is 6.34. The van der Waals surface area contributed by atoms with Crippen LogP contribution in [0, 0.1) is 11.8 Å². The molecule has 0 spiro atoms. The van der Waals surface area contributed by atoms with Gasteiger partial charge < -0.3 is 10.4 Å². The third-order valence-corrected chi connectivity index (χ3v) is 4.94. The van der Waals surface area contributed by atoms with E-state index < -0.39 is 5.97 Å². The fourth-order valence-corrected chi connectivity index (χ4v) is 3.46. The lowest BCUT2D eigenvalue weighted by Crippen LogP contribution is -2.51. The molecule has 0 aromatic carbocycles. The molecule has 0 radical (unpaired) electrons. The third kappa shape index (κ3) is 4.19. The minimum Gasteiger partial charge on any atom is -0.481 e. The zero-order valence-electron chi connectivity index (χ0n) is 13.4. The molecule has 0 bridgehead atoms. The molecule has 5 heteroatoms. The van der Waals surface area contributed by atoms with Crippen molar-refractivity contribution in [2.45, 2.75) is 64.5 Å². The average molecular weight is 296 g/mol. The van der Waals surface area contributed by atoms with Crippen molar-refractivity contribution in [1.29, 1.82) is 0 Å². The van der Waals surface area contributed by atoms with E-state index in [9.17, 15) is 9.59 Å². The predicted octanol–water partition coefficient (Wildman–Crippen LogP) is 1.87. The van der Waals surface area contributed by atoms with Gasteiger partial charge in [0.15, 0.2) is 0 Å². The molecule has 2 N–H and O–H groups in total. The van der Waals surface area contributed by atoms with Crippen molar-refractivity contribution in [3.05, 3.63) is 0 Å². The predicted molar refractivity (Wildman–Crippen MR) is 81.0 cm³/mol. The van der Waals surface area contributed by atoms with Crippen LogP contribution in [0.5, 0.6) is 0 Å². The van der Waals surface area contributed by atoms with E-state index in [1.807, 2.05) is 0 Å². The van der Waals surface area contributed by atoms with Crippen molar-refractivity contribution in [3.8, 4) is 0 Å². The molecule has 21 heavy (non-hydrogen) atoms. The summed E-state index contributed by atoms with van der Waals surface area (Å²) >= 11 is 0. The van der Waals surface area contributed by atoms with Gasteiger partial charge in [0, 0.05) is 30.6 Å². The Labute approximate surface area is 127 Å². The highest BCUT2D eigenvalue weighted by Crippen LogP contribution is 2.31. The largest absolute Gasteiger partial charge is 0.481 e. The molecule has 2 fully saturated rings. The van der Waals surface area contributed by atoms with Crippen LogP contribution in [0.4, 0.5) is 0 Å². The van der Waals surface area contributed by atoms with E-state index in [0.29, 0.717) is 19.3 Å². The van der Waals surface area contributed by atoms with Gasteiger partial charge in [0.25, 0.3) is 0 Å². The first kappa shape index (κ1) is 16.3. The normalized spacial score (nSPS) is 28.5. The first-order chi connectivity index (χ1) is 9.77. The van der Waals surface area contributed by atoms with E-state index in [1.165, 1.54) is 0 Å². The van der Waals surface area contributed by atoms with Gasteiger partial charge in [-0.25, -0.2) is 0 Å². The zero-order valence-corrected chi connectivity index (χ0v) is 13.4. The summed E-state index contributed by atoms with van der Waals surface area (Å²) in [7, 11) is 0. The number of carbonyl (C=O) groups is 2. The minimum atomic E-state index is -0.760. The molecule has 1 heterocycles. The lowest BCUT2D eigenvalue weighted by atomic mass is 9.97. The average Bonchev–Trinajstić information content (AvgIpc) is 2.88. The summed E-state index contributed by atoms with van der Waals surface area (Å²) in [5.41, 5.74) is 0.190. The van der Waals surface area contributed by atoms with Gasteiger partial charge in [-0.2, -0.15) is 0 Å². The number of piperidine rings is 1. The molecule has 120 valence electrons. The van der Waals surface area contributed by atoms with Crippen LogP contribution in [0.2, 0.25) is 0 Å². The molecule has 0 aromatic rings. The lowest BCUT2D eigenvalue weighted by Gasteiger charge is -2.41. The number of aliphatic carboxylic acids is 1. The van der Waals surface area contributed by atoms with Crippen LogP contribution in [0.25, 0.3) is 0 Å². The van der Waals surface area contributed by atoms with E-state index in [4.69, 9.17) is 5.11 Å². The number of hydrogen-bond donors (Lipinski definition) is 2. The van der Waals surface area contributed by atoms with Gasteiger partial charge in [-0.3, -0.25) is 14.5 Å². The number of rotatable bonds is 3. The van der Waals surface area contributed by atoms with Gasteiger partial charge in [-0.05, 0) is 52.9 Å². The summed E-state index contributed by atoms with van der Waals surface area (Å²) in [6.07, 6.45) is 3.82. The first-order valence-electron chi connectivity index (χ1n) is 8.05. The van der Waals surface area contributed by atoms with Crippen molar-refractivity contribution < 1.29 is 14.7 Å². The summed E-state index contributed by atoms with van der Waals surface area (Å²) in [5, 5.41) is 12.1. The highest BCUT2D eigenvalue weighted by molar-refractivity contribution is 5.81. The van der Waals surface area contributed by atoms with Crippen molar-refractivity contribution in [2.75, 3.05) is 13.1 Å². The number of carboxylic acids is 1. The van der Waals surface area contributed by atoms with E-state index in [0.717, 1.165) is 25.9 Å². The van der Waals surface area contributed by atoms with Gasteiger partial charge in [-0.1, -0.05) is 0 Å². The molecule has 5 nitrogen and oxygen atoms in total. The highest BCUT2D eigenvalue weighted by Gasteiger charge is 2.35. The van der Waals surface area contributed by atoms with Crippen molar-refractivity contribution in [1.82, 2.24) is 10.2 Å². The smallest absolute Gasteiger partial charge is 0.306 e. The molecule has 1 saturated heterocycles. The quantitative estimate of drug-likeness (QED) is 0.834. The van der Waals surface area contributed by atoms with Gasteiger partial charge >= 0.3 is 5.97 Å². The summed E-state index contributed by atoms with van der Waals surface area (Å²) < 4.78 is 0. The Balaban J connectivity index is 1.76. The second-order valence-electron chi connectivity index (χ2n) is 7.49. The molecular weight excluding hydrogens is 268 g/mol. The van der Waals surface area contributed by atoms with Crippen LogP contribution in [-0.4, -0.2) is 46.6 Å². The van der Waals surface area contributed by atoms with E-state index in [-0.39, 0.29) is 29.3 Å². The Hall–Kier alpha value is -1.10. The number of nitrogens with zero attached hydrogens (tertiary/aromatic N) is 1. The van der Waals surface area contributed by atoms with Crippen molar-refractivity contribution >= 4 is 11.9 Å². The topological polar surface area (TPSA) is 69.6 Å². The Bertz CT molecular complexity index is 395. The standard InChI is InChI=1S/C16H28N2O3/c1-16(2,3)18-8-6-13(7-9-18)17-14(19)11-4-5-12(10-11)15(20)21/h11-13H,4-10H2,1-3H3,(H,17,19)(H,20,21). The van der Waals surface area contributed by atoms with Crippen LogP contribution in [0.3, 0.4) is 0 Å². The Kier molecular flexibility index (Phi) is 4.91. The van der Waals surface area contributed by atoms with Gasteiger partial charge in [0.2, 0.25) is 5.91 Å².